The van der Waals surface area contributed by atoms with E-state index in [1.807, 2.05) is 6.08 Å². The molecular weight excluding hydrogens is 126 g/mol. The number of hydrogen-bond acceptors (Lipinski definition) is 3. The van der Waals surface area contributed by atoms with E-state index in [0.29, 0.717) is 0 Å². The summed E-state index contributed by atoms with van der Waals surface area (Å²) in [6.45, 7) is 2.05. The highest BCUT2D eigenvalue weighted by Crippen LogP contribution is 2.05. The number of hydrazine groups is 1. The Bertz CT molecular complexity index is 191. The SMILES string of the molecule is CC/C=C1/N=CC=CN1N. The minimum absolute atomic E-state index is 0.810. The van der Waals surface area contributed by atoms with Crippen LogP contribution in [0.5, 0.6) is 0 Å². The summed E-state index contributed by atoms with van der Waals surface area (Å²) >= 11 is 0. The van der Waals surface area contributed by atoms with Crippen molar-refractivity contribution in [2.24, 2.45) is 10.8 Å². The first kappa shape index (κ1) is 7.02. The van der Waals surface area contributed by atoms with E-state index in [1.165, 1.54) is 5.01 Å². The lowest BCUT2D eigenvalue weighted by Gasteiger charge is -2.15. The van der Waals surface area contributed by atoms with Crippen molar-refractivity contribution in [2.45, 2.75) is 13.3 Å². The van der Waals surface area contributed by atoms with Crippen LogP contribution in [0.4, 0.5) is 0 Å². The Morgan fingerprint density at radius 3 is 3.20 bits per heavy atom. The second-order valence-electron chi connectivity index (χ2n) is 2.00. The van der Waals surface area contributed by atoms with Gasteiger partial charge in [0.2, 0.25) is 0 Å². The molecular formula is C7H11N3. The van der Waals surface area contributed by atoms with E-state index < -0.39 is 0 Å². The van der Waals surface area contributed by atoms with Crippen LogP contribution in [0.25, 0.3) is 0 Å². The van der Waals surface area contributed by atoms with Crippen LogP contribution in [-0.2, 0) is 0 Å². The summed E-state index contributed by atoms with van der Waals surface area (Å²) in [6.07, 6.45) is 8.22. The van der Waals surface area contributed by atoms with Crippen molar-refractivity contribution in [2.75, 3.05) is 0 Å². The van der Waals surface area contributed by atoms with E-state index >= 15 is 0 Å². The molecule has 0 saturated carbocycles. The predicted molar refractivity (Wildman–Crippen MR) is 42.0 cm³/mol. The molecule has 0 spiro atoms. The van der Waals surface area contributed by atoms with Crippen molar-refractivity contribution in [3.63, 3.8) is 0 Å². The molecule has 0 unspecified atom stereocenters. The molecule has 0 aromatic carbocycles. The van der Waals surface area contributed by atoms with Crippen LogP contribution >= 0.6 is 0 Å². The number of hydrogen-bond donors (Lipinski definition) is 1. The standard InChI is InChI=1S/C7H11N3/c1-2-4-7-9-5-3-6-10(7)8/h3-6H,2,8H2,1H3/b7-4-. The molecule has 10 heavy (non-hydrogen) atoms. The minimum Gasteiger partial charge on any atom is -0.270 e. The highest BCUT2D eigenvalue weighted by molar-refractivity contribution is 5.73. The molecule has 0 radical (unpaired) electrons. The predicted octanol–water partition coefficient (Wildman–Crippen LogP) is 1.01. The van der Waals surface area contributed by atoms with E-state index in [-0.39, 0.29) is 0 Å². The van der Waals surface area contributed by atoms with Gasteiger partial charge in [-0.3, -0.25) is 5.01 Å². The Morgan fingerprint density at radius 2 is 2.60 bits per heavy atom. The Labute approximate surface area is 60.5 Å². The third-order valence-electron chi connectivity index (χ3n) is 1.19. The number of aliphatic imine (C=N–C) groups is 1. The fourth-order valence-corrected chi connectivity index (χ4v) is 0.734. The van der Waals surface area contributed by atoms with Crippen molar-refractivity contribution in [3.05, 3.63) is 24.2 Å². The Balaban J connectivity index is 2.70. The zero-order valence-corrected chi connectivity index (χ0v) is 5.99. The summed E-state index contributed by atoms with van der Waals surface area (Å²) in [6, 6.07) is 0. The maximum absolute atomic E-state index is 5.53. The highest BCUT2D eigenvalue weighted by atomic mass is 15.4. The van der Waals surface area contributed by atoms with Crippen LogP contribution in [-0.4, -0.2) is 11.2 Å². The Hall–Kier alpha value is -1.09. The minimum atomic E-state index is 0.810. The molecule has 0 fully saturated rings. The van der Waals surface area contributed by atoms with Gasteiger partial charge in [-0.2, -0.15) is 0 Å². The van der Waals surface area contributed by atoms with Crippen LogP contribution in [0.2, 0.25) is 0 Å². The lowest BCUT2D eigenvalue weighted by molar-refractivity contribution is 0.482. The fraction of sp³-hybridized carbons (Fsp3) is 0.286. The topological polar surface area (TPSA) is 41.6 Å². The van der Waals surface area contributed by atoms with E-state index in [1.54, 1.807) is 18.5 Å². The van der Waals surface area contributed by atoms with Crippen LogP contribution in [0.1, 0.15) is 13.3 Å². The zero-order chi connectivity index (χ0) is 7.40. The monoisotopic (exact) mass is 137 g/mol. The van der Waals surface area contributed by atoms with Gasteiger partial charge in [0.15, 0.2) is 0 Å². The molecule has 0 atom stereocenters. The van der Waals surface area contributed by atoms with Gasteiger partial charge in [-0.05, 0) is 18.6 Å². The van der Waals surface area contributed by atoms with Gasteiger partial charge in [0.05, 0.1) is 0 Å². The first-order valence-electron chi connectivity index (χ1n) is 3.29. The Morgan fingerprint density at radius 1 is 1.80 bits per heavy atom. The molecule has 0 amide bonds. The number of nitrogens with zero attached hydrogens (tertiary/aromatic N) is 2. The largest absolute Gasteiger partial charge is 0.270 e. The molecule has 54 valence electrons. The molecule has 0 aromatic rings. The van der Waals surface area contributed by atoms with Crippen molar-refractivity contribution in [1.29, 1.82) is 0 Å². The molecule has 0 aliphatic carbocycles. The van der Waals surface area contributed by atoms with Gasteiger partial charge < -0.3 is 0 Å². The molecule has 0 saturated heterocycles. The molecule has 3 nitrogen and oxygen atoms in total. The van der Waals surface area contributed by atoms with Gasteiger partial charge >= 0.3 is 0 Å². The average molecular weight is 137 g/mol. The summed E-state index contributed by atoms with van der Waals surface area (Å²) in [4.78, 5) is 4.05. The lowest BCUT2D eigenvalue weighted by atomic mass is 10.4. The van der Waals surface area contributed by atoms with E-state index in [4.69, 9.17) is 5.84 Å². The van der Waals surface area contributed by atoms with Crippen molar-refractivity contribution in [1.82, 2.24) is 5.01 Å². The summed E-state index contributed by atoms with van der Waals surface area (Å²) in [5.41, 5.74) is 0. The number of nitrogens with two attached hydrogens (primary N) is 1. The maximum Gasteiger partial charge on any atom is 0.142 e. The normalized spacial score (nSPS) is 20.6. The maximum atomic E-state index is 5.53. The van der Waals surface area contributed by atoms with Gasteiger partial charge in [-0.1, -0.05) is 6.92 Å². The van der Waals surface area contributed by atoms with Gasteiger partial charge in [-0.15, -0.1) is 0 Å². The first-order valence-corrected chi connectivity index (χ1v) is 3.29. The highest BCUT2D eigenvalue weighted by Gasteiger charge is 1.99. The zero-order valence-electron chi connectivity index (χ0n) is 5.99. The quantitative estimate of drug-likeness (QED) is 0.548. The summed E-state index contributed by atoms with van der Waals surface area (Å²) < 4.78 is 0. The molecule has 2 N–H and O–H groups in total. The molecule has 1 aliphatic heterocycles. The lowest BCUT2D eigenvalue weighted by Crippen LogP contribution is -2.24. The van der Waals surface area contributed by atoms with Gasteiger partial charge in [0.25, 0.3) is 0 Å². The number of allylic oxidation sites excluding steroid dienone is 2. The molecule has 0 aromatic heterocycles. The summed E-state index contributed by atoms with van der Waals surface area (Å²) in [5.74, 6) is 6.34. The number of rotatable bonds is 1. The molecule has 0 bridgehead atoms. The van der Waals surface area contributed by atoms with Gasteiger partial charge in [-0.25, -0.2) is 10.8 Å². The van der Waals surface area contributed by atoms with Crippen LogP contribution < -0.4 is 5.84 Å². The van der Waals surface area contributed by atoms with Crippen LogP contribution in [0, 0.1) is 0 Å². The summed E-state index contributed by atoms with van der Waals surface area (Å²) in [5, 5.41) is 1.50. The van der Waals surface area contributed by atoms with E-state index in [2.05, 4.69) is 11.9 Å². The molecule has 1 aliphatic rings. The molecule has 1 rings (SSSR count). The van der Waals surface area contributed by atoms with Crippen molar-refractivity contribution < 1.29 is 0 Å². The van der Waals surface area contributed by atoms with Gasteiger partial charge in [0.1, 0.15) is 5.82 Å². The first-order chi connectivity index (χ1) is 4.84. The fourth-order valence-electron chi connectivity index (χ4n) is 0.734. The van der Waals surface area contributed by atoms with Crippen LogP contribution in [0.3, 0.4) is 0 Å². The Kier molecular flexibility index (Phi) is 2.23. The average Bonchev–Trinajstić information content (AvgIpc) is 1.94. The smallest absolute Gasteiger partial charge is 0.142 e. The third kappa shape index (κ3) is 1.45. The van der Waals surface area contributed by atoms with Gasteiger partial charge in [0, 0.05) is 12.4 Å². The second kappa shape index (κ2) is 3.17. The van der Waals surface area contributed by atoms with E-state index in [9.17, 15) is 0 Å². The second-order valence-corrected chi connectivity index (χ2v) is 2.00. The van der Waals surface area contributed by atoms with Crippen LogP contribution in [0.15, 0.2) is 29.2 Å². The molecule has 3 heteroatoms. The van der Waals surface area contributed by atoms with E-state index in [0.717, 1.165) is 12.2 Å². The van der Waals surface area contributed by atoms with Crippen molar-refractivity contribution >= 4 is 6.21 Å². The van der Waals surface area contributed by atoms with Crippen molar-refractivity contribution in [3.8, 4) is 0 Å². The third-order valence-corrected chi connectivity index (χ3v) is 1.19. The molecule has 1 heterocycles. The summed E-state index contributed by atoms with van der Waals surface area (Å²) in [7, 11) is 0.